The number of hydroxylamine groups is 1. The molecule has 1 heterocycles. The van der Waals surface area contributed by atoms with Gasteiger partial charge in [-0.15, -0.1) is 0 Å². The monoisotopic (exact) mass is 419 g/mol. The number of halogens is 3. The average molecular weight is 419 g/mol. The third-order valence-electron chi connectivity index (χ3n) is 4.10. The van der Waals surface area contributed by atoms with Crippen LogP contribution in [0.25, 0.3) is 6.08 Å². The molecule has 9 nitrogen and oxygen atoms in total. The van der Waals surface area contributed by atoms with Crippen molar-refractivity contribution in [2.45, 2.75) is 43.9 Å². The van der Waals surface area contributed by atoms with E-state index in [9.17, 15) is 27.9 Å². The van der Waals surface area contributed by atoms with Crippen molar-refractivity contribution in [1.29, 1.82) is 0 Å². The highest BCUT2D eigenvalue weighted by Crippen LogP contribution is 2.30. The van der Waals surface area contributed by atoms with Crippen LogP contribution in [0.5, 0.6) is 0 Å². The Labute approximate surface area is 163 Å². The highest BCUT2D eigenvalue weighted by atomic mass is 19.4. The molecule has 29 heavy (non-hydrogen) atoms. The normalized spacial score (nSPS) is 15.4. The fraction of sp³-hybridized carbons (Fsp3) is 0.412. The summed E-state index contributed by atoms with van der Waals surface area (Å²) in [5, 5.41) is 28.0. The van der Waals surface area contributed by atoms with Crippen molar-refractivity contribution in [2.75, 3.05) is 0 Å². The van der Waals surface area contributed by atoms with Crippen LogP contribution in [0.3, 0.4) is 0 Å². The van der Waals surface area contributed by atoms with E-state index in [4.69, 9.17) is 15.1 Å². The molecule has 1 aliphatic carbocycles. The molecule has 1 fully saturated rings. The number of aromatic nitrogens is 1. The van der Waals surface area contributed by atoms with Gasteiger partial charge in [0.1, 0.15) is 5.54 Å². The lowest BCUT2D eigenvalue weighted by molar-refractivity contribution is -0.192. The summed E-state index contributed by atoms with van der Waals surface area (Å²) in [7, 11) is 0. The smallest absolute Gasteiger partial charge is 0.480 e. The number of carboxylic acids is 2. The topological polar surface area (TPSA) is 149 Å². The maximum Gasteiger partial charge on any atom is 0.490 e. The Kier molecular flexibility index (Phi) is 8.73. The second-order valence-electron chi connectivity index (χ2n) is 6.15. The van der Waals surface area contributed by atoms with Crippen LogP contribution in [-0.2, 0) is 20.9 Å². The first-order valence-corrected chi connectivity index (χ1v) is 8.36. The van der Waals surface area contributed by atoms with Crippen molar-refractivity contribution < 1.29 is 43.0 Å². The van der Waals surface area contributed by atoms with Gasteiger partial charge >= 0.3 is 18.1 Å². The van der Waals surface area contributed by atoms with Crippen molar-refractivity contribution >= 4 is 23.9 Å². The standard InChI is InChI=1S/C15H19N3O4.C2HF3O2/c19-13(18-22)6-5-12-4-3-11(9-16-12)10-17-15(14(20)21)7-1-2-8-15;3-2(4,5)1(6)7/h3-6,9,17,22H,1-2,7-8,10H2,(H,18,19)(H,20,21);(H,6,7). The maximum absolute atomic E-state index is 11.4. The summed E-state index contributed by atoms with van der Waals surface area (Å²) in [4.78, 5) is 35.3. The zero-order valence-corrected chi connectivity index (χ0v) is 15.1. The molecule has 1 aromatic heterocycles. The van der Waals surface area contributed by atoms with E-state index in [1.165, 1.54) is 11.6 Å². The fourth-order valence-corrected chi connectivity index (χ4v) is 2.55. The SMILES string of the molecule is O=C(C=Cc1ccc(CNC2(C(=O)O)CCCC2)cn1)NO.O=C(O)C(F)(F)F. The number of pyridine rings is 1. The van der Waals surface area contributed by atoms with Gasteiger partial charge in [-0.1, -0.05) is 18.9 Å². The molecule has 12 heteroatoms. The molecule has 0 spiro atoms. The van der Waals surface area contributed by atoms with Crippen molar-refractivity contribution in [3.05, 3.63) is 35.7 Å². The summed E-state index contributed by atoms with van der Waals surface area (Å²) in [6.45, 7) is 0.431. The van der Waals surface area contributed by atoms with Crippen LogP contribution >= 0.6 is 0 Å². The van der Waals surface area contributed by atoms with Gasteiger partial charge in [0, 0.05) is 18.8 Å². The second-order valence-corrected chi connectivity index (χ2v) is 6.15. The number of alkyl halides is 3. The molecule has 0 atom stereocenters. The predicted octanol–water partition coefficient (Wildman–Crippen LogP) is 1.72. The Balaban J connectivity index is 0.000000516. The largest absolute Gasteiger partial charge is 0.490 e. The van der Waals surface area contributed by atoms with Gasteiger partial charge in [0.2, 0.25) is 0 Å². The van der Waals surface area contributed by atoms with E-state index >= 15 is 0 Å². The van der Waals surface area contributed by atoms with Gasteiger partial charge in [-0.25, -0.2) is 10.3 Å². The Hall–Kier alpha value is -2.99. The van der Waals surface area contributed by atoms with E-state index < -0.39 is 29.6 Å². The zero-order valence-electron chi connectivity index (χ0n) is 15.1. The first kappa shape index (κ1) is 24.0. The molecule has 0 bridgehead atoms. The molecule has 0 saturated heterocycles. The van der Waals surface area contributed by atoms with Gasteiger partial charge in [0.15, 0.2) is 0 Å². The number of hydrogen-bond acceptors (Lipinski definition) is 6. The molecule has 0 radical (unpaired) electrons. The molecular formula is C17H20F3N3O6. The Bertz CT molecular complexity index is 744. The van der Waals surface area contributed by atoms with Crippen molar-refractivity contribution in [2.24, 2.45) is 0 Å². The van der Waals surface area contributed by atoms with Crippen LogP contribution < -0.4 is 10.8 Å². The van der Waals surface area contributed by atoms with Crippen LogP contribution in [-0.4, -0.2) is 50.0 Å². The van der Waals surface area contributed by atoms with Crippen LogP contribution in [0.15, 0.2) is 24.4 Å². The van der Waals surface area contributed by atoms with E-state index in [0.29, 0.717) is 25.1 Å². The van der Waals surface area contributed by atoms with Crippen LogP contribution in [0.1, 0.15) is 36.9 Å². The summed E-state index contributed by atoms with van der Waals surface area (Å²) >= 11 is 0. The summed E-state index contributed by atoms with van der Waals surface area (Å²) in [6, 6.07) is 3.54. The Morgan fingerprint density at radius 3 is 2.17 bits per heavy atom. The van der Waals surface area contributed by atoms with E-state index in [1.807, 2.05) is 6.07 Å². The minimum absolute atomic E-state index is 0.431. The summed E-state index contributed by atoms with van der Waals surface area (Å²) in [5.41, 5.74) is 2.11. The molecule has 0 aromatic carbocycles. The number of hydrogen-bond donors (Lipinski definition) is 5. The third-order valence-corrected chi connectivity index (χ3v) is 4.10. The van der Waals surface area contributed by atoms with Gasteiger partial charge in [-0.05, 0) is 30.5 Å². The molecule has 2 rings (SSSR count). The quantitative estimate of drug-likeness (QED) is 0.266. The fourth-order valence-electron chi connectivity index (χ4n) is 2.55. The number of aliphatic carboxylic acids is 2. The van der Waals surface area contributed by atoms with E-state index in [-0.39, 0.29) is 0 Å². The molecule has 5 N–H and O–H groups in total. The lowest BCUT2D eigenvalue weighted by Gasteiger charge is -2.25. The first-order valence-electron chi connectivity index (χ1n) is 8.36. The van der Waals surface area contributed by atoms with Gasteiger partial charge in [0.05, 0.1) is 5.69 Å². The van der Waals surface area contributed by atoms with Gasteiger partial charge in [-0.2, -0.15) is 13.2 Å². The number of carboxylic acid groups (broad SMARTS) is 2. The highest BCUT2D eigenvalue weighted by Gasteiger charge is 2.40. The molecule has 1 amide bonds. The average Bonchev–Trinajstić information content (AvgIpc) is 3.15. The molecule has 160 valence electrons. The summed E-state index contributed by atoms with van der Waals surface area (Å²) in [6.07, 6.45) is 2.33. The van der Waals surface area contributed by atoms with E-state index in [0.717, 1.165) is 24.5 Å². The van der Waals surface area contributed by atoms with Crippen LogP contribution in [0.4, 0.5) is 13.2 Å². The van der Waals surface area contributed by atoms with Gasteiger partial charge in [-0.3, -0.25) is 25.1 Å². The van der Waals surface area contributed by atoms with Crippen molar-refractivity contribution in [1.82, 2.24) is 15.8 Å². The summed E-state index contributed by atoms with van der Waals surface area (Å²) in [5.74, 6) is -4.18. The number of rotatable bonds is 6. The minimum Gasteiger partial charge on any atom is -0.480 e. The lowest BCUT2D eigenvalue weighted by Crippen LogP contribution is -2.49. The maximum atomic E-state index is 11.4. The molecule has 0 unspecified atom stereocenters. The number of nitrogens with zero attached hydrogens (tertiary/aromatic N) is 1. The Morgan fingerprint density at radius 1 is 1.17 bits per heavy atom. The van der Waals surface area contributed by atoms with Crippen molar-refractivity contribution in [3.63, 3.8) is 0 Å². The molecule has 0 aliphatic heterocycles. The van der Waals surface area contributed by atoms with Crippen LogP contribution in [0, 0.1) is 0 Å². The predicted molar refractivity (Wildman–Crippen MR) is 92.6 cm³/mol. The lowest BCUT2D eigenvalue weighted by atomic mass is 9.97. The van der Waals surface area contributed by atoms with E-state index in [2.05, 4.69) is 10.3 Å². The number of nitrogens with one attached hydrogen (secondary N) is 2. The van der Waals surface area contributed by atoms with Gasteiger partial charge < -0.3 is 10.2 Å². The summed E-state index contributed by atoms with van der Waals surface area (Å²) < 4.78 is 31.7. The number of carbonyl (C=O) groups excluding carboxylic acids is 1. The Morgan fingerprint density at radius 2 is 1.76 bits per heavy atom. The number of amides is 1. The molecular weight excluding hydrogens is 399 g/mol. The second kappa shape index (κ2) is 10.5. The third kappa shape index (κ3) is 7.87. The van der Waals surface area contributed by atoms with Crippen molar-refractivity contribution in [3.8, 4) is 0 Å². The molecule has 1 saturated carbocycles. The van der Waals surface area contributed by atoms with Gasteiger partial charge in [0.25, 0.3) is 5.91 Å². The zero-order chi connectivity index (χ0) is 22.1. The number of carbonyl (C=O) groups is 3. The molecule has 1 aromatic rings. The first-order chi connectivity index (χ1) is 13.5. The molecule has 1 aliphatic rings. The minimum atomic E-state index is -5.08. The highest BCUT2D eigenvalue weighted by molar-refractivity contribution is 5.90. The van der Waals surface area contributed by atoms with E-state index in [1.54, 1.807) is 12.3 Å². The van der Waals surface area contributed by atoms with Crippen LogP contribution in [0.2, 0.25) is 0 Å².